The molecule has 25 heavy (non-hydrogen) atoms. The fourth-order valence-electron chi connectivity index (χ4n) is 2.44. The van der Waals surface area contributed by atoms with Gasteiger partial charge in [-0.15, -0.1) is 0 Å². The molecule has 2 amide bonds. The summed E-state index contributed by atoms with van der Waals surface area (Å²) in [5, 5.41) is 2.80. The van der Waals surface area contributed by atoms with Gasteiger partial charge in [0, 0.05) is 31.4 Å². The number of amides is 2. The van der Waals surface area contributed by atoms with E-state index in [9.17, 15) is 14.0 Å². The van der Waals surface area contributed by atoms with E-state index in [2.05, 4.69) is 10.3 Å². The highest BCUT2D eigenvalue weighted by atomic mass is 19.1. The lowest BCUT2D eigenvalue weighted by molar-refractivity contribution is 0.0767. The van der Waals surface area contributed by atoms with E-state index in [-0.39, 0.29) is 23.3 Å². The number of nitrogens with zero attached hydrogens (tertiary/aromatic N) is 2. The van der Waals surface area contributed by atoms with Gasteiger partial charge in [-0.05, 0) is 50.1 Å². The van der Waals surface area contributed by atoms with Gasteiger partial charge >= 0.3 is 0 Å². The molecule has 1 heterocycles. The highest BCUT2D eigenvalue weighted by molar-refractivity contribution is 5.98. The van der Waals surface area contributed by atoms with E-state index in [0.717, 1.165) is 5.56 Å². The van der Waals surface area contributed by atoms with Crippen molar-refractivity contribution in [3.8, 4) is 0 Å². The standard InChI is InChI=1S/C19H22FN3O2/c1-3-23(4-2)19(25)17-13-15(10-12-21-17)18(24)22-11-9-14-5-7-16(20)8-6-14/h5-8,10,12-13H,3-4,9,11H2,1-2H3,(H,22,24). The Morgan fingerprint density at radius 3 is 2.44 bits per heavy atom. The van der Waals surface area contributed by atoms with Crippen molar-refractivity contribution in [3.05, 3.63) is 65.2 Å². The van der Waals surface area contributed by atoms with Crippen LogP contribution in [0, 0.1) is 5.82 Å². The molecule has 5 nitrogen and oxygen atoms in total. The maximum absolute atomic E-state index is 12.9. The van der Waals surface area contributed by atoms with E-state index in [4.69, 9.17) is 0 Å². The highest BCUT2D eigenvalue weighted by Gasteiger charge is 2.16. The van der Waals surface area contributed by atoms with Crippen LogP contribution in [0.15, 0.2) is 42.6 Å². The molecule has 0 saturated carbocycles. The molecular weight excluding hydrogens is 321 g/mol. The van der Waals surface area contributed by atoms with Crippen LogP contribution in [-0.4, -0.2) is 41.3 Å². The molecule has 1 aromatic heterocycles. The minimum atomic E-state index is -0.282. The summed E-state index contributed by atoms with van der Waals surface area (Å²) < 4.78 is 12.9. The van der Waals surface area contributed by atoms with Gasteiger partial charge in [0.2, 0.25) is 0 Å². The summed E-state index contributed by atoms with van der Waals surface area (Å²) in [4.78, 5) is 30.3. The maximum atomic E-state index is 12.9. The summed E-state index contributed by atoms with van der Waals surface area (Å²) in [5.74, 6) is -0.737. The molecule has 132 valence electrons. The van der Waals surface area contributed by atoms with E-state index < -0.39 is 0 Å². The topological polar surface area (TPSA) is 62.3 Å². The molecule has 0 radical (unpaired) electrons. The van der Waals surface area contributed by atoms with Gasteiger partial charge in [0.15, 0.2) is 0 Å². The Kier molecular flexibility index (Phi) is 6.62. The third kappa shape index (κ3) is 5.11. The molecule has 0 bridgehead atoms. The molecule has 6 heteroatoms. The van der Waals surface area contributed by atoms with Crippen molar-refractivity contribution in [1.29, 1.82) is 0 Å². The van der Waals surface area contributed by atoms with Gasteiger partial charge in [-0.1, -0.05) is 12.1 Å². The van der Waals surface area contributed by atoms with Crippen LogP contribution >= 0.6 is 0 Å². The summed E-state index contributed by atoms with van der Waals surface area (Å²) >= 11 is 0. The van der Waals surface area contributed by atoms with Crippen LogP contribution in [0.1, 0.15) is 40.3 Å². The summed E-state index contributed by atoms with van der Waals surface area (Å²) in [6.07, 6.45) is 2.06. The molecule has 0 spiro atoms. The first kappa shape index (κ1) is 18.6. The Balaban J connectivity index is 1.96. The second kappa shape index (κ2) is 8.92. The molecule has 1 N–H and O–H groups in total. The van der Waals surface area contributed by atoms with Gasteiger partial charge in [0.1, 0.15) is 11.5 Å². The third-order valence-electron chi connectivity index (χ3n) is 3.90. The van der Waals surface area contributed by atoms with Gasteiger partial charge < -0.3 is 10.2 Å². The SMILES string of the molecule is CCN(CC)C(=O)c1cc(C(=O)NCCc2ccc(F)cc2)ccn1. The number of benzene rings is 1. The molecule has 2 aromatic rings. The Morgan fingerprint density at radius 1 is 1.12 bits per heavy atom. The number of rotatable bonds is 7. The first-order chi connectivity index (χ1) is 12.0. The van der Waals surface area contributed by atoms with Crippen molar-refractivity contribution in [2.24, 2.45) is 0 Å². The third-order valence-corrected chi connectivity index (χ3v) is 3.90. The first-order valence-corrected chi connectivity index (χ1v) is 8.33. The molecule has 0 fully saturated rings. The maximum Gasteiger partial charge on any atom is 0.272 e. The van der Waals surface area contributed by atoms with E-state index in [1.165, 1.54) is 24.4 Å². The van der Waals surface area contributed by atoms with Crippen molar-refractivity contribution < 1.29 is 14.0 Å². The number of aromatic nitrogens is 1. The molecule has 2 rings (SSSR count). The van der Waals surface area contributed by atoms with Gasteiger partial charge in [0.25, 0.3) is 11.8 Å². The van der Waals surface area contributed by atoms with Crippen molar-refractivity contribution >= 4 is 11.8 Å². The number of nitrogens with one attached hydrogen (secondary N) is 1. The predicted octanol–water partition coefficient (Wildman–Crippen LogP) is 2.68. The molecule has 0 unspecified atom stereocenters. The van der Waals surface area contributed by atoms with Crippen molar-refractivity contribution in [1.82, 2.24) is 15.2 Å². The van der Waals surface area contributed by atoms with Crippen LogP contribution in [0.4, 0.5) is 4.39 Å². The number of carbonyl (C=O) groups is 2. The van der Waals surface area contributed by atoms with Crippen molar-refractivity contribution in [3.63, 3.8) is 0 Å². The lowest BCUT2D eigenvalue weighted by Crippen LogP contribution is -2.31. The minimum Gasteiger partial charge on any atom is -0.352 e. The quantitative estimate of drug-likeness (QED) is 0.841. The van der Waals surface area contributed by atoms with E-state index in [0.29, 0.717) is 31.6 Å². The molecule has 0 atom stereocenters. The Bertz CT molecular complexity index is 728. The second-order valence-corrected chi connectivity index (χ2v) is 5.54. The van der Waals surface area contributed by atoms with Gasteiger partial charge in [-0.3, -0.25) is 14.6 Å². The smallest absolute Gasteiger partial charge is 0.272 e. The molecule has 0 saturated heterocycles. The predicted molar refractivity (Wildman–Crippen MR) is 93.9 cm³/mol. The summed E-state index contributed by atoms with van der Waals surface area (Å²) in [6, 6.07) is 9.25. The zero-order valence-electron chi connectivity index (χ0n) is 14.5. The molecule has 0 aliphatic heterocycles. The molecule has 0 aliphatic rings. The number of hydrogen-bond donors (Lipinski definition) is 1. The van der Waals surface area contributed by atoms with E-state index in [1.54, 1.807) is 23.1 Å². The zero-order chi connectivity index (χ0) is 18.2. The monoisotopic (exact) mass is 343 g/mol. The minimum absolute atomic E-state index is 0.189. The molecular formula is C19H22FN3O2. The zero-order valence-corrected chi connectivity index (χ0v) is 14.5. The van der Waals surface area contributed by atoms with E-state index in [1.807, 2.05) is 13.8 Å². The fourth-order valence-corrected chi connectivity index (χ4v) is 2.44. The van der Waals surface area contributed by atoms with Gasteiger partial charge in [-0.2, -0.15) is 0 Å². The normalized spacial score (nSPS) is 10.4. The fraction of sp³-hybridized carbons (Fsp3) is 0.316. The average molecular weight is 343 g/mol. The Morgan fingerprint density at radius 2 is 1.80 bits per heavy atom. The van der Waals surface area contributed by atoms with Crippen LogP contribution in [0.2, 0.25) is 0 Å². The number of hydrogen-bond acceptors (Lipinski definition) is 3. The highest BCUT2D eigenvalue weighted by Crippen LogP contribution is 2.07. The summed E-state index contributed by atoms with van der Waals surface area (Å²) in [7, 11) is 0. The van der Waals surface area contributed by atoms with Crippen molar-refractivity contribution in [2.75, 3.05) is 19.6 Å². The largest absolute Gasteiger partial charge is 0.352 e. The summed E-state index contributed by atoms with van der Waals surface area (Å²) in [6.45, 7) is 5.39. The van der Waals surface area contributed by atoms with Gasteiger partial charge in [-0.25, -0.2) is 4.39 Å². The first-order valence-electron chi connectivity index (χ1n) is 8.33. The lowest BCUT2D eigenvalue weighted by Gasteiger charge is -2.18. The average Bonchev–Trinajstić information content (AvgIpc) is 2.64. The summed E-state index contributed by atoms with van der Waals surface area (Å²) in [5.41, 5.74) is 1.59. The van der Waals surface area contributed by atoms with E-state index >= 15 is 0 Å². The lowest BCUT2D eigenvalue weighted by atomic mass is 10.1. The van der Waals surface area contributed by atoms with Crippen molar-refractivity contribution in [2.45, 2.75) is 20.3 Å². The Hall–Kier alpha value is -2.76. The second-order valence-electron chi connectivity index (χ2n) is 5.54. The van der Waals surface area contributed by atoms with Crippen LogP contribution < -0.4 is 5.32 Å². The van der Waals surface area contributed by atoms with Crippen LogP contribution in [-0.2, 0) is 6.42 Å². The molecule has 1 aromatic carbocycles. The number of pyridine rings is 1. The van der Waals surface area contributed by atoms with Crippen LogP contribution in [0.25, 0.3) is 0 Å². The number of halogens is 1. The van der Waals surface area contributed by atoms with Crippen LogP contribution in [0.5, 0.6) is 0 Å². The van der Waals surface area contributed by atoms with Gasteiger partial charge in [0.05, 0.1) is 0 Å². The van der Waals surface area contributed by atoms with Crippen LogP contribution in [0.3, 0.4) is 0 Å². The Labute approximate surface area is 146 Å². The molecule has 0 aliphatic carbocycles. The number of carbonyl (C=O) groups excluding carboxylic acids is 2.